The van der Waals surface area contributed by atoms with Crippen LogP contribution < -0.4 is 0 Å². The first-order chi connectivity index (χ1) is 11.5. The summed E-state index contributed by atoms with van der Waals surface area (Å²) in [5.41, 5.74) is 2.29. The average molecular weight is 358 g/mol. The van der Waals surface area contributed by atoms with Gasteiger partial charge in [0.05, 0.1) is 12.2 Å². The molecule has 0 bridgehead atoms. The number of hydrogen-bond acceptors (Lipinski definition) is 3. The molecule has 5 heteroatoms. The van der Waals surface area contributed by atoms with Gasteiger partial charge in [0.15, 0.2) is 0 Å². The second kappa shape index (κ2) is 7.41. The van der Waals surface area contributed by atoms with Crippen LogP contribution in [0.2, 0.25) is 5.02 Å². The third-order valence-corrected chi connectivity index (χ3v) is 5.11. The third-order valence-electron chi connectivity index (χ3n) is 3.76. The number of nitrogens with zero attached hydrogens (tertiary/aromatic N) is 3. The summed E-state index contributed by atoms with van der Waals surface area (Å²) in [6.07, 6.45) is 3.70. The van der Waals surface area contributed by atoms with Gasteiger partial charge in [0, 0.05) is 22.3 Å². The summed E-state index contributed by atoms with van der Waals surface area (Å²) in [7, 11) is 0. The van der Waals surface area contributed by atoms with E-state index in [0.29, 0.717) is 5.92 Å². The Bertz CT molecular complexity index is 828. The van der Waals surface area contributed by atoms with Crippen molar-refractivity contribution >= 4 is 23.4 Å². The van der Waals surface area contributed by atoms with Crippen LogP contribution >= 0.6 is 23.4 Å². The van der Waals surface area contributed by atoms with Crippen LogP contribution in [0.25, 0.3) is 0 Å². The number of aromatic nitrogens is 3. The molecule has 0 aliphatic carbocycles. The molecule has 2 aromatic heterocycles. The number of imidazole rings is 1. The van der Waals surface area contributed by atoms with Crippen molar-refractivity contribution in [3.05, 3.63) is 70.9 Å². The van der Waals surface area contributed by atoms with Crippen LogP contribution in [-0.4, -0.2) is 14.5 Å². The monoisotopic (exact) mass is 357 g/mol. The summed E-state index contributed by atoms with van der Waals surface area (Å²) in [4.78, 5) is 10.2. The Labute approximate surface area is 152 Å². The third kappa shape index (κ3) is 3.82. The van der Waals surface area contributed by atoms with Gasteiger partial charge in [0.1, 0.15) is 10.9 Å². The molecule has 1 aromatic carbocycles. The number of aryl methyl sites for hydroxylation is 1. The molecule has 0 saturated heterocycles. The molecule has 3 rings (SSSR count). The minimum Gasteiger partial charge on any atom is -0.318 e. The molecule has 0 N–H and O–H groups in total. The molecule has 24 heavy (non-hydrogen) atoms. The molecule has 0 fully saturated rings. The van der Waals surface area contributed by atoms with Gasteiger partial charge in [-0.05, 0) is 42.7 Å². The first-order valence-corrected chi connectivity index (χ1v) is 9.13. The molecule has 3 nitrogen and oxygen atoms in total. The number of hydrogen-bond donors (Lipinski definition) is 0. The lowest BCUT2D eigenvalue weighted by Gasteiger charge is -2.12. The molecular formula is C19H20ClN3S. The zero-order valence-electron chi connectivity index (χ0n) is 14.0. The van der Waals surface area contributed by atoms with Crippen LogP contribution in [-0.2, 0) is 6.54 Å². The molecule has 124 valence electrons. The van der Waals surface area contributed by atoms with Gasteiger partial charge in [-0.3, -0.25) is 4.98 Å². The fourth-order valence-corrected chi connectivity index (χ4v) is 4.06. The summed E-state index contributed by atoms with van der Waals surface area (Å²) >= 11 is 7.86. The van der Waals surface area contributed by atoms with E-state index < -0.39 is 0 Å². The number of halogens is 1. The lowest BCUT2D eigenvalue weighted by molar-refractivity contribution is 0.688. The van der Waals surface area contributed by atoms with E-state index in [0.717, 1.165) is 28.0 Å². The van der Waals surface area contributed by atoms with Crippen molar-refractivity contribution in [2.45, 2.75) is 43.2 Å². The average Bonchev–Trinajstić information content (AvgIpc) is 2.85. The summed E-state index contributed by atoms with van der Waals surface area (Å²) in [5, 5.41) is 1.93. The first kappa shape index (κ1) is 17.1. The second-order valence-corrected chi connectivity index (χ2v) is 7.51. The van der Waals surface area contributed by atoms with Crippen LogP contribution in [0.4, 0.5) is 0 Å². The zero-order chi connectivity index (χ0) is 17.1. The van der Waals surface area contributed by atoms with Gasteiger partial charge < -0.3 is 4.57 Å². The van der Waals surface area contributed by atoms with Crippen LogP contribution in [0.1, 0.15) is 36.8 Å². The molecule has 0 aliphatic rings. The smallest absolute Gasteiger partial charge is 0.107 e. The Kier molecular flexibility index (Phi) is 5.27. The van der Waals surface area contributed by atoms with Crippen molar-refractivity contribution in [3.63, 3.8) is 0 Å². The van der Waals surface area contributed by atoms with Gasteiger partial charge in [-0.2, -0.15) is 0 Å². The lowest BCUT2D eigenvalue weighted by atomic mass is 10.1. The maximum atomic E-state index is 6.14. The molecule has 0 radical (unpaired) electrons. The van der Waals surface area contributed by atoms with E-state index in [2.05, 4.69) is 42.5 Å². The maximum absolute atomic E-state index is 6.14. The fraction of sp³-hybridized carbons (Fsp3) is 0.263. The highest BCUT2D eigenvalue weighted by Crippen LogP contribution is 2.36. The van der Waals surface area contributed by atoms with Gasteiger partial charge in [0.25, 0.3) is 0 Å². The normalized spacial score (nSPS) is 11.2. The summed E-state index contributed by atoms with van der Waals surface area (Å²) in [6.45, 7) is 7.18. The number of benzene rings is 1. The topological polar surface area (TPSA) is 30.7 Å². The Morgan fingerprint density at radius 3 is 2.71 bits per heavy atom. The minimum atomic E-state index is 0.362. The molecule has 0 saturated carbocycles. The Hall–Kier alpha value is -1.78. The quantitative estimate of drug-likeness (QED) is 0.598. The minimum absolute atomic E-state index is 0.362. The summed E-state index contributed by atoms with van der Waals surface area (Å²) in [5.74, 6) is 1.38. The van der Waals surface area contributed by atoms with Crippen molar-refractivity contribution in [2.75, 3.05) is 0 Å². The zero-order valence-corrected chi connectivity index (χ0v) is 15.6. The molecule has 0 aliphatic heterocycles. The molecule has 2 heterocycles. The SMILES string of the molecule is Cc1nc(C(C)C)c(Sc2cccc(Cl)c2)n1Cc1cccnc1. The molecular weight excluding hydrogens is 338 g/mol. The largest absolute Gasteiger partial charge is 0.318 e. The molecule has 0 atom stereocenters. The predicted octanol–water partition coefficient (Wildman–Crippen LogP) is 5.56. The van der Waals surface area contributed by atoms with Gasteiger partial charge >= 0.3 is 0 Å². The van der Waals surface area contributed by atoms with Gasteiger partial charge in [-0.25, -0.2) is 4.98 Å². The van der Waals surface area contributed by atoms with E-state index in [4.69, 9.17) is 16.6 Å². The van der Waals surface area contributed by atoms with Crippen LogP contribution in [0.5, 0.6) is 0 Å². The summed E-state index contributed by atoms with van der Waals surface area (Å²) in [6, 6.07) is 12.0. The Morgan fingerprint density at radius 1 is 1.21 bits per heavy atom. The standard InChI is InChI=1S/C19H20ClN3S/c1-13(2)18-19(24-17-8-4-7-16(20)10-17)23(14(3)22-18)12-15-6-5-9-21-11-15/h4-11,13H,12H2,1-3H3. The highest BCUT2D eigenvalue weighted by atomic mass is 35.5. The van der Waals surface area contributed by atoms with E-state index in [1.807, 2.05) is 30.5 Å². The Morgan fingerprint density at radius 2 is 2.04 bits per heavy atom. The van der Waals surface area contributed by atoms with E-state index in [1.165, 1.54) is 10.6 Å². The summed E-state index contributed by atoms with van der Waals surface area (Å²) < 4.78 is 2.26. The molecule has 0 amide bonds. The van der Waals surface area contributed by atoms with Gasteiger partial charge in [-0.1, -0.05) is 49.3 Å². The number of rotatable bonds is 5. The van der Waals surface area contributed by atoms with Crippen molar-refractivity contribution in [1.82, 2.24) is 14.5 Å². The predicted molar refractivity (Wildman–Crippen MR) is 100.0 cm³/mol. The maximum Gasteiger partial charge on any atom is 0.107 e. The highest BCUT2D eigenvalue weighted by molar-refractivity contribution is 7.99. The van der Waals surface area contributed by atoms with Crippen LogP contribution in [0.15, 0.2) is 58.7 Å². The van der Waals surface area contributed by atoms with Crippen molar-refractivity contribution in [1.29, 1.82) is 0 Å². The van der Waals surface area contributed by atoms with Crippen molar-refractivity contribution in [3.8, 4) is 0 Å². The van der Waals surface area contributed by atoms with Crippen LogP contribution in [0, 0.1) is 6.92 Å². The Balaban J connectivity index is 2.01. The van der Waals surface area contributed by atoms with Crippen molar-refractivity contribution in [2.24, 2.45) is 0 Å². The molecule has 0 spiro atoms. The highest BCUT2D eigenvalue weighted by Gasteiger charge is 2.18. The van der Waals surface area contributed by atoms with Gasteiger partial charge in [-0.15, -0.1) is 0 Å². The van der Waals surface area contributed by atoms with E-state index in [-0.39, 0.29) is 0 Å². The second-order valence-electron chi connectivity index (χ2n) is 6.01. The van der Waals surface area contributed by atoms with Crippen LogP contribution in [0.3, 0.4) is 0 Å². The van der Waals surface area contributed by atoms with Crippen molar-refractivity contribution < 1.29 is 0 Å². The van der Waals surface area contributed by atoms with E-state index in [1.54, 1.807) is 18.0 Å². The fourth-order valence-electron chi connectivity index (χ4n) is 2.55. The van der Waals surface area contributed by atoms with Gasteiger partial charge in [0.2, 0.25) is 0 Å². The lowest BCUT2D eigenvalue weighted by Crippen LogP contribution is -2.04. The van der Waals surface area contributed by atoms with E-state index in [9.17, 15) is 0 Å². The number of pyridine rings is 1. The first-order valence-electron chi connectivity index (χ1n) is 7.94. The molecule has 0 unspecified atom stereocenters. The van der Waals surface area contributed by atoms with E-state index >= 15 is 0 Å². The molecule has 3 aromatic rings.